The molecular formula is C12H18BrN3O. The van der Waals surface area contributed by atoms with E-state index in [0.717, 1.165) is 30.1 Å². The molecule has 3 heterocycles. The summed E-state index contributed by atoms with van der Waals surface area (Å²) >= 11 is 3.42. The first-order chi connectivity index (χ1) is 8.29. The molecule has 0 bridgehead atoms. The fraction of sp³-hybridized carbons (Fsp3) is 0.750. The standard InChI is InChI=1S/C12H18BrN3O/c13-11-4-14-16(8-11)7-10-5-15(6-10)9-12-2-1-3-17-12/h4,8,10,12H,1-3,5-7,9H2. The Morgan fingerprint density at radius 2 is 2.29 bits per heavy atom. The van der Waals surface area contributed by atoms with Crippen molar-refractivity contribution in [1.29, 1.82) is 0 Å². The average molecular weight is 300 g/mol. The summed E-state index contributed by atoms with van der Waals surface area (Å²) in [6.07, 6.45) is 6.87. The Morgan fingerprint density at radius 3 is 2.94 bits per heavy atom. The van der Waals surface area contributed by atoms with Gasteiger partial charge in [0.25, 0.3) is 0 Å². The number of hydrogen-bond donors (Lipinski definition) is 0. The van der Waals surface area contributed by atoms with Gasteiger partial charge < -0.3 is 4.74 Å². The van der Waals surface area contributed by atoms with E-state index in [2.05, 4.69) is 25.9 Å². The molecule has 0 N–H and O–H groups in total. The van der Waals surface area contributed by atoms with Crippen LogP contribution in [0.2, 0.25) is 0 Å². The van der Waals surface area contributed by atoms with Crippen molar-refractivity contribution >= 4 is 15.9 Å². The van der Waals surface area contributed by atoms with Crippen LogP contribution >= 0.6 is 15.9 Å². The van der Waals surface area contributed by atoms with Crippen LogP contribution in [0, 0.1) is 5.92 Å². The molecule has 1 aromatic rings. The molecule has 4 nitrogen and oxygen atoms in total. The second kappa shape index (κ2) is 5.08. The van der Waals surface area contributed by atoms with Gasteiger partial charge in [-0.1, -0.05) is 0 Å². The second-order valence-electron chi connectivity index (χ2n) is 5.10. The average Bonchev–Trinajstić information content (AvgIpc) is 2.87. The first-order valence-corrected chi connectivity index (χ1v) is 7.11. The van der Waals surface area contributed by atoms with E-state index in [9.17, 15) is 0 Å². The third-order valence-corrected chi connectivity index (χ3v) is 3.98. The molecule has 94 valence electrons. The molecule has 1 unspecified atom stereocenters. The Labute approximate surface area is 110 Å². The number of likely N-dealkylation sites (tertiary alicyclic amines) is 1. The quantitative estimate of drug-likeness (QED) is 0.849. The van der Waals surface area contributed by atoms with Gasteiger partial charge >= 0.3 is 0 Å². The zero-order chi connectivity index (χ0) is 11.7. The van der Waals surface area contributed by atoms with Crippen molar-refractivity contribution in [3.63, 3.8) is 0 Å². The van der Waals surface area contributed by atoms with E-state index in [0.29, 0.717) is 6.10 Å². The summed E-state index contributed by atoms with van der Waals surface area (Å²) in [6.45, 7) is 5.50. The van der Waals surface area contributed by atoms with Crippen LogP contribution in [0.15, 0.2) is 16.9 Å². The third kappa shape index (κ3) is 2.89. The summed E-state index contributed by atoms with van der Waals surface area (Å²) < 4.78 is 8.74. The fourth-order valence-electron chi connectivity index (χ4n) is 2.72. The Morgan fingerprint density at radius 1 is 1.41 bits per heavy atom. The van der Waals surface area contributed by atoms with Gasteiger partial charge in [-0.2, -0.15) is 5.10 Å². The Bertz CT molecular complexity index is 370. The molecule has 2 saturated heterocycles. The molecule has 2 aliphatic heterocycles. The molecule has 0 amide bonds. The Hall–Kier alpha value is -0.390. The van der Waals surface area contributed by atoms with Crippen molar-refractivity contribution in [3.05, 3.63) is 16.9 Å². The number of ether oxygens (including phenoxy) is 1. The van der Waals surface area contributed by atoms with Crippen LogP contribution in [0.3, 0.4) is 0 Å². The van der Waals surface area contributed by atoms with Crippen LogP contribution in [0.25, 0.3) is 0 Å². The summed E-state index contributed by atoms with van der Waals surface area (Å²) in [6, 6.07) is 0. The summed E-state index contributed by atoms with van der Waals surface area (Å²) in [5, 5.41) is 4.29. The van der Waals surface area contributed by atoms with Gasteiger partial charge in [0.2, 0.25) is 0 Å². The molecule has 2 aliphatic rings. The molecule has 0 aliphatic carbocycles. The van der Waals surface area contributed by atoms with Crippen LogP contribution in [-0.2, 0) is 11.3 Å². The highest BCUT2D eigenvalue weighted by Crippen LogP contribution is 2.21. The van der Waals surface area contributed by atoms with Crippen LogP contribution in [-0.4, -0.2) is 47.0 Å². The molecule has 1 atom stereocenters. The highest BCUT2D eigenvalue weighted by molar-refractivity contribution is 9.10. The maximum atomic E-state index is 5.65. The number of nitrogens with zero attached hydrogens (tertiary/aromatic N) is 3. The SMILES string of the molecule is Brc1cnn(CC2CN(CC3CCCO3)C2)c1. The van der Waals surface area contributed by atoms with Crippen LogP contribution < -0.4 is 0 Å². The van der Waals surface area contributed by atoms with E-state index in [1.165, 1.54) is 25.9 Å². The van der Waals surface area contributed by atoms with Gasteiger partial charge in [0.1, 0.15) is 0 Å². The normalized spacial score (nSPS) is 26.3. The van der Waals surface area contributed by atoms with Gasteiger partial charge in [-0.05, 0) is 28.8 Å². The van der Waals surface area contributed by atoms with E-state index in [4.69, 9.17) is 4.74 Å². The van der Waals surface area contributed by atoms with Gasteiger partial charge in [0.05, 0.1) is 16.8 Å². The van der Waals surface area contributed by atoms with Crippen LogP contribution in [0.5, 0.6) is 0 Å². The molecular weight excluding hydrogens is 282 g/mol. The summed E-state index contributed by atoms with van der Waals surface area (Å²) in [5.74, 6) is 0.753. The molecule has 3 rings (SSSR count). The Balaban J connectivity index is 1.39. The van der Waals surface area contributed by atoms with E-state index in [1.807, 2.05) is 17.1 Å². The van der Waals surface area contributed by atoms with E-state index in [1.54, 1.807) is 0 Å². The second-order valence-corrected chi connectivity index (χ2v) is 6.02. The molecule has 0 spiro atoms. The lowest BCUT2D eigenvalue weighted by molar-refractivity contribution is 0.0182. The predicted molar refractivity (Wildman–Crippen MR) is 68.8 cm³/mol. The summed E-state index contributed by atoms with van der Waals surface area (Å²) in [4.78, 5) is 2.50. The highest BCUT2D eigenvalue weighted by Gasteiger charge is 2.30. The third-order valence-electron chi connectivity index (χ3n) is 3.57. The minimum absolute atomic E-state index is 0.495. The van der Waals surface area contributed by atoms with Gasteiger partial charge in [0.15, 0.2) is 0 Å². The smallest absolute Gasteiger partial charge is 0.0702 e. The van der Waals surface area contributed by atoms with E-state index in [-0.39, 0.29) is 0 Å². The van der Waals surface area contributed by atoms with Gasteiger partial charge in [0, 0.05) is 44.9 Å². The summed E-state index contributed by atoms with van der Waals surface area (Å²) in [5.41, 5.74) is 0. The number of halogens is 1. The lowest BCUT2D eigenvalue weighted by Crippen LogP contribution is -2.51. The van der Waals surface area contributed by atoms with Crippen molar-refractivity contribution in [3.8, 4) is 0 Å². The Kier molecular flexibility index (Phi) is 3.49. The maximum absolute atomic E-state index is 5.65. The molecule has 17 heavy (non-hydrogen) atoms. The molecule has 0 radical (unpaired) electrons. The lowest BCUT2D eigenvalue weighted by Gasteiger charge is -2.40. The molecule has 0 saturated carbocycles. The zero-order valence-corrected chi connectivity index (χ0v) is 11.5. The van der Waals surface area contributed by atoms with Gasteiger partial charge in [-0.25, -0.2) is 0 Å². The topological polar surface area (TPSA) is 30.3 Å². The minimum Gasteiger partial charge on any atom is -0.377 e. The predicted octanol–water partition coefficient (Wildman–Crippen LogP) is 1.76. The zero-order valence-electron chi connectivity index (χ0n) is 9.89. The van der Waals surface area contributed by atoms with Crippen molar-refractivity contribution < 1.29 is 4.74 Å². The molecule has 0 aromatic carbocycles. The van der Waals surface area contributed by atoms with Crippen molar-refractivity contribution in [2.45, 2.75) is 25.5 Å². The van der Waals surface area contributed by atoms with Gasteiger partial charge in [-0.15, -0.1) is 0 Å². The minimum atomic E-state index is 0.495. The lowest BCUT2D eigenvalue weighted by atomic mass is 9.99. The monoisotopic (exact) mass is 299 g/mol. The first-order valence-electron chi connectivity index (χ1n) is 6.31. The van der Waals surface area contributed by atoms with Crippen LogP contribution in [0.1, 0.15) is 12.8 Å². The van der Waals surface area contributed by atoms with Crippen molar-refractivity contribution in [2.24, 2.45) is 5.92 Å². The number of rotatable bonds is 4. The summed E-state index contributed by atoms with van der Waals surface area (Å²) in [7, 11) is 0. The fourth-order valence-corrected chi connectivity index (χ4v) is 3.05. The largest absolute Gasteiger partial charge is 0.377 e. The van der Waals surface area contributed by atoms with E-state index >= 15 is 0 Å². The molecule has 2 fully saturated rings. The van der Waals surface area contributed by atoms with E-state index < -0.39 is 0 Å². The number of aromatic nitrogens is 2. The van der Waals surface area contributed by atoms with Gasteiger partial charge in [-0.3, -0.25) is 9.58 Å². The van der Waals surface area contributed by atoms with Crippen molar-refractivity contribution in [2.75, 3.05) is 26.2 Å². The highest BCUT2D eigenvalue weighted by atomic mass is 79.9. The van der Waals surface area contributed by atoms with Crippen LogP contribution in [0.4, 0.5) is 0 Å². The molecule has 1 aromatic heterocycles. The number of hydrogen-bond acceptors (Lipinski definition) is 3. The molecule has 5 heteroatoms. The first kappa shape index (κ1) is 11.7. The van der Waals surface area contributed by atoms with Crippen molar-refractivity contribution in [1.82, 2.24) is 14.7 Å². The maximum Gasteiger partial charge on any atom is 0.0702 e.